The van der Waals surface area contributed by atoms with Crippen LogP contribution in [0, 0.1) is 6.92 Å². The van der Waals surface area contributed by atoms with E-state index < -0.39 is 0 Å². The summed E-state index contributed by atoms with van der Waals surface area (Å²) in [4.78, 5) is 0. The molecule has 1 unspecified atom stereocenters. The molecule has 2 rings (SSSR count). The molecule has 96 valence electrons. The maximum Gasteiger partial charge on any atom is 0.148 e. The second-order valence-corrected chi connectivity index (χ2v) is 4.48. The lowest BCUT2D eigenvalue weighted by molar-refractivity contribution is 0.191. The molecule has 0 bridgehead atoms. The van der Waals surface area contributed by atoms with Crippen molar-refractivity contribution in [1.29, 1.82) is 0 Å². The first kappa shape index (κ1) is 12.2. The summed E-state index contributed by atoms with van der Waals surface area (Å²) in [5.74, 6) is 1.14. The second-order valence-electron chi connectivity index (χ2n) is 4.48. The van der Waals surface area contributed by atoms with Crippen LogP contribution in [0.2, 0.25) is 0 Å². The Kier molecular flexibility index (Phi) is 3.89. The fourth-order valence-electron chi connectivity index (χ4n) is 2.29. The summed E-state index contributed by atoms with van der Waals surface area (Å²) >= 11 is 0. The van der Waals surface area contributed by atoms with Crippen LogP contribution in [-0.2, 0) is 11.3 Å². The first-order chi connectivity index (χ1) is 8.26. The average molecular weight is 238 g/mol. The lowest BCUT2D eigenvalue weighted by atomic mass is 10.1. The number of methoxy groups -OCH3 is 1. The Labute approximate surface area is 103 Å². The van der Waals surface area contributed by atoms with Crippen molar-refractivity contribution < 1.29 is 4.74 Å². The molecule has 0 spiro atoms. The van der Waals surface area contributed by atoms with Gasteiger partial charge >= 0.3 is 0 Å². The maximum atomic E-state index is 5.09. The van der Waals surface area contributed by atoms with Crippen LogP contribution in [0.1, 0.15) is 25.5 Å². The predicted octanol–water partition coefficient (Wildman–Crippen LogP) is 1.84. The van der Waals surface area contributed by atoms with Gasteiger partial charge in [0.2, 0.25) is 0 Å². The monoisotopic (exact) mass is 238 g/mol. The van der Waals surface area contributed by atoms with Crippen LogP contribution < -0.4 is 10.6 Å². The van der Waals surface area contributed by atoms with Gasteiger partial charge in [0.25, 0.3) is 0 Å². The van der Waals surface area contributed by atoms with E-state index in [1.807, 2.05) is 11.6 Å². The van der Waals surface area contributed by atoms with E-state index in [9.17, 15) is 0 Å². The van der Waals surface area contributed by atoms with Gasteiger partial charge in [-0.1, -0.05) is 0 Å². The minimum Gasteiger partial charge on any atom is -0.385 e. The highest BCUT2D eigenvalue weighted by Gasteiger charge is 2.22. The molecule has 0 fully saturated rings. The van der Waals surface area contributed by atoms with Crippen LogP contribution in [0.4, 0.5) is 11.5 Å². The van der Waals surface area contributed by atoms with Crippen LogP contribution in [0.25, 0.3) is 0 Å². The molecule has 5 nitrogen and oxygen atoms in total. The zero-order valence-electron chi connectivity index (χ0n) is 10.9. The van der Waals surface area contributed by atoms with Crippen molar-refractivity contribution in [2.75, 3.05) is 30.9 Å². The van der Waals surface area contributed by atoms with Crippen LogP contribution in [0.5, 0.6) is 0 Å². The van der Waals surface area contributed by atoms with Gasteiger partial charge in [-0.25, -0.2) is 4.68 Å². The lowest BCUT2D eigenvalue weighted by Gasteiger charge is -2.27. The Morgan fingerprint density at radius 2 is 2.35 bits per heavy atom. The number of aryl methyl sites for hydroxylation is 2. The SMILES string of the molecule is CCn1nc(C)c2c1NC(CCCOC)CN2. The molecule has 1 aromatic heterocycles. The summed E-state index contributed by atoms with van der Waals surface area (Å²) < 4.78 is 7.11. The Morgan fingerprint density at radius 1 is 1.53 bits per heavy atom. The summed E-state index contributed by atoms with van der Waals surface area (Å²) in [7, 11) is 1.75. The lowest BCUT2D eigenvalue weighted by Crippen LogP contribution is -2.34. The van der Waals surface area contributed by atoms with E-state index >= 15 is 0 Å². The van der Waals surface area contributed by atoms with E-state index in [-0.39, 0.29) is 0 Å². The van der Waals surface area contributed by atoms with E-state index in [2.05, 4.69) is 22.7 Å². The minimum absolute atomic E-state index is 0.471. The molecule has 2 N–H and O–H groups in total. The molecule has 0 aromatic carbocycles. The first-order valence-corrected chi connectivity index (χ1v) is 6.33. The van der Waals surface area contributed by atoms with Gasteiger partial charge in [0.1, 0.15) is 11.5 Å². The minimum atomic E-state index is 0.471. The third kappa shape index (κ3) is 2.54. The van der Waals surface area contributed by atoms with Crippen molar-refractivity contribution in [3.63, 3.8) is 0 Å². The number of nitrogens with one attached hydrogen (secondary N) is 2. The van der Waals surface area contributed by atoms with Crippen molar-refractivity contribution in [2.24, 2.45) is 0 Å². The quantitative estimate of drug-likeness (QED) is 0.769. The third-order valence-electron chi connectivity index (χ3n) is 3.19. The number of aromatic nitrogens is 2. The molecular weight excluding hydrogens is 216 g/mol. The average Bonchev–Trinajstić information content (AvgIpc) is 2.66. The molecule has 1 aliphatic rings. The smallest absolute Gasteiger partial charge is 0.148 e. The van der Waals surface area contributed by atoms with Gasteiger partial charge < -0.3 is 15.4 Å². The van der Waals surface area contributed by atoms with Crippen LogP contribution in [-0.4, -0.2) is 36.1 Å². The number of ether oxygens (including phenoxy) is 1. The zero-order valence-corrected chi connectivity index (χ0v) is 10.9. The highest BCUT2D eigenvalue weighted by atomic mass is 16.5. The zero-order chi connectivity index (χ0) is 12.3. The third-order valence-corrected chi connectivity index (χ3v) is 3.19. The largest absolute Gasteiger partial charge is 0.385 e. The highest BCUT2D eigenvalue weighted by molar-refractivity contribution is 5.70. The van der Waals surface area contributed by atoms with Gasteiger partial charge in [0, 0.05) is 32.8 Å². The molecule has 0 radical (unpaired) electrons. The number of hydrogen-bond donors (Lipinski definition) is 2. The molecule has 0 saturated carbocycles. The normalized spacial score (nSPS) is 18.4. The van der Waals surface area contributed by atoms with Gasteiger partial charge in [-0.05, 0) is 26.7 Å². The van der Waals surface area contributed by atoms with Gasteiger partial charge in [-0.3, -0.25) is 0 Å². The highest BCUT2D eigenvalue weighted by Crippen LogP contribution is 2.30. The summed E-state index contributed by atoms with van der Waals surface area (Å²) in [6, 6.07) is 0.471. The summed E-state index contributed by atoms with van der Waals surface area (Å²) in [6.07, 6.45) is 2.21. The molecule has 5 heteroatoms. The molecule has 1 aromatic rings. The summed E-state index contributed by atoms with van der Waals surface area (Å²) in [5.41, 5.74) is 2.24. The van der Waals surface area contributed by atoms with E-state index in [4.69, 9.17) is 4.74 Å². The molecule has 1 atom stereocenters. The summed E-state index contributed by atoms with van der Waals surface area (Å²) in [6.45, 7) is 6.85. The van der Waals surface area contributed by atoms with Gasteiger partial charge in [0.05, 0.1) is 5.69 Å². The number of hydrogen-bond acceptors (Lipinski definition) is 4. The molecule has 2 heterocycles. The number of anilines is 2. The number of rotatable bonds is 5. The van der Waals surface area contributed by atoms with E-state index in [0.717, 1.165) is 49.7 Å². The molecule has 17 heavy (non-hydrogen) atoms. The predicted molar refractivity (Wildman–Crippen MR) is 69.6 cm³/mol. The Bertz CT molecular complexity index is 375. The molecule has 0 aliphatic carbocycles. The molecule has 1 aliphatic heterocycles. The Balaban J connectivity index is 2.02. The van der Waals surface area contributed by atoms with E-state index in [1.54, 1.807) is 7.11 Å². The Hall–Kier alpha value is -1.23. The fraction of sp³-hybridized carbons (Fsp3) is 0.750. The van der Waals surface area contributed by atoms with Gasteiger partial charge in [-0.2, -0.15) is 5.10 Å². The van der Waals surface area contributed by atoms with Crippen LogP contribution in [0.15, 0.2) is 0 Å². The fourth-order valence-corrected chi connectivity index (χ4v) is 2.29. The standard InChI is InChI=1S/C12H22N4O/c1-4-16-12-11(9(2)15-16)13-8-10(14-12)6-5-7-17-3/h10,13-14H,4-8H2,1-3H3. The van der Waals surface area contributed by atoms with Gasteiger partial charge in [-0.15, -0.1) is 0 Å². The van der Waals surface area contributed by atoms with Crippen molar-refractivity contribution >= 4 is 11.5 Å². The second kappa shape index (κ2) is 5.40. The van der Waals surface area contributed by atoms with E-state index in [1.165, 1.54) is 0 Å². The van der Waals surface area contributed by atoms with E-state index in [0.29, 0.717) is 6.04 Å². The van der Waals surface area contributed by atoms with Crippen molar-refractivity contribution in [1.82, 2.24) is 9.78 Å². The maximum absolute atomic E-state index is 5.09. The Morgan fingerprint density at radius 3 is 3.06 bits per heavy atom. The molecule has 0 amide bonds. The first-order valence-electron chi connectivity index (χ1n) is 6.33. The van der Waals surface area contributed by atoms with Crippen molar-refractivity contribution in [2.45, 2.75) is 39.3 Å². The van der Waals surface area contributed by atoms with Crippen LogP contribution >= 0.6 is 0 Å². The van der Waals surface area contributed by atoms with Gasteiger partial charge in [0.15, 0.2) is 0 Å². The topological polar surface area (TPSA) is 51.1 Å². The molecular formula is C12H22N4O. The van der Waals surface area contributed by atoms with Crippen LogP contribution in [0.3, 0.4) is 0 Å². The number of nitrogens with zero attached hydrogens (tertiary/aromatic N) is 2. The number of fused-ring (bicyclic) bond motifs is 1. The molecule has 0 saturated heterocycles. The van der Waals surface area contributed by atoms with Crippen molar-refractivity contribution in [3.05, 3.63) is 5.69 Å². The summed E-state index contributed by atoms with van der Waals surface area (Å²) in [5, 5.41) is 11.6. The van der Waals surface area contributed by atoms with Crippen molar-refractivity contribution in [3.8, 4) is 0 Å².